The zero-order valence-electron chi connectivity index (χ0n) is 31.0. The zero-order chi connectivity index (χ0) is 37.7. The van der Waals surface area contributed by atoms with Crippen LogP contribution < -0.4 is 4.90 Å². The van der Waals surface area contributed by atoms with Crippen molar-refractivity contribution in [1.29, 1.82) is 0 Å². The van der Waals surface area contributed by atoms with Crippen LogP contribution in [0.2, 0.25) is 0 Å². The third-order valence-electron chi connectivity index (χ3n) is 11.1. The van der Waals surface area contributed by atoms with Gasteiger partial charge in [0.05, 0.1) is 5.69 Å². The van der Waals surface area contributed by atoms with Crippen LogP contribution in [0.4, 0.5) is 17.1 Å². The second-order valence-electron chi connectivity index (χ2n) is 14.5. The van der Waals surface area contributed by atoms with E-state index in [0.29, 0.717) is 0 Å². The number of para-hydroxylation sites is 3. The molecule has 0 aliphatic carbocycles. The summed E-state index contributed by atoms with van der Waals surface area (Å²) in [6, 6.07) is 75.0. The summed E-state index contributed by atoms with van der Waals surface area (Å²) in [5.74, 6) is 0. The van der Waals surface area contributed by atoms with Gasteiger partial charge in [-0.2, -0.15) is 0 Å². The second kappa shape index (κ2) is 13.6. The van der Waals surface area contributed by atoms with Gasteiger partial charge in [0.2, 0.25) is 0 Å². The lowest BCUT2D eigenvalue weighted by atomic mass is 9.97. The fourth-order valence-corrected chi connectivity index (χ4v) is 8.33. The lowest BCUT2D eigenvalue weighted by molar-refractivity contribution is 0.669. The Labute approximate surface area is 330 Å². The maximum absolute atomic E-state index is 6.83. The molecule has 0 atom stereocenters. The monoisotopic (exact) mass is 729 g/mol. The lowest BCUT2D eigenvalue weighted by Gasteiger charge is -2.26. The highest BCUT2D eigenvalue weighted by Crippen LogP contribution is 2.46. The average Bonchev–Trinajstić information content (AvgIpc) is 3.87. The van der Waals surface area contributed by atoms with E-state index in [1.165, 1.54) is 16.7 Å². The summed E-state index contributed by atoms with van der Waals surface area (Å²) in [5, 5.41) is 4.44. The van der Waals surface area contributed by atoms with Crippen molar-refractivity contribution in [2.24, 2.45) is 0 Å². The van der Waals surface area contributed by atoms with Crippen LogP contribution in [0.15, 0.2) is 221 Å². The van der Waals surface area contributed by atoms with Crippen molar-refractivity contribution in [3.8, 4) is 44.5 Å². The van der Waals surface area contributed by atoms with E-state index in [2.05, 4.69) is 199 Å². The number of anilines is 3. The Morgan fingerprint density at radius 2 is 0.737 bits per heavy atom. The summed E-state index contributed by atoms with van der Waals surface area (Å²) in [6.07, 6.45) is 0. The number of fused-ring (bicyclic) bond motifs is 6. The van der Waals surface area contributed by atoms with Gasteiger partial charge in [-0.05, 0) is 81.4 Å². The normalized spacial score (nSPS) is 11.5. The van der Waals surface area contributed by atoms with Crippen molar-refractivity contribution in [3.63, 3.8) is 0 Å². The van der Waals surface area contributed by atoms with Crippen molar-refractivity contribution in [2.45, 2.75) is 0 Å². The third-order valence-corrected chi connectivity index (χ3v) is 11.1. The largest absolute Gasteiger partial charge is 0.455 e. The molecule has 3 heteroatoms. The van der Waals surface area contributed by atoms with Crippen LogP contribution in [-0.2, 0) is 0 Å². The van der Waals surface area contributed by atoms with Gasteiger partial charge in [0, 0.05) is 38.5 Å². The highest BCUT2D eigenvalue weighted by Gasteiger charge is 2.23. The van der Waals surface area contributed by atoms with E-state index in [1.54, 1.807) is 0 Å². The van der Waals surface area contributed by atoms with Crippen LogP contribution in [0.1, 0.15) is 0 Å². The third kappa shape index (κ3) is 5.68. The summed E-state index contributed by atoms with van der Waals surface area (Å²) in [5.41, 5.74) is 15.7. The van der Waals surface area contributed by atoms with Gasteiger partial charge in [0.1, 0.15) is 16.7 Å². The molecule has 0 saturated carbocycles. The zero-order valence-corrected chi connectivity index (χ0v) is 31.0. The molecule has 0 aliphatic heterocycles. The molecule has 3 nitrogen and oxygen atoms in total. The molecule has 0 spiro atoms. The van der Waals surface area contributed by atoms with Crippen LogP contribution in [0, 0.1) is 0 Å². The SMILES string of the molecule is c1ccc(-c2ccc(-c3ccc(N(c4ccc(-c5cccc6c5oc5ccccc56)cc4)c4ccc(-c5ccccc5)c5c4oc4ccccc45)cc3)cc2)cc1. The number of hydrogen-bond donors (Lipinski definition) is 0. The summed E-state index contributed by atoms with van der Waals surface area (Å²) in [6.45, 7) is 0. The number of nitrogens with zero attached hydrogens (tertiary/aromatic N) is 1. The van der Waals surface area contributed by atoms with Crippen molar-refractivity contribution in [2.75, 3.05) is 4.90 Å². The molecular formula is C54H35NO2. The molecule has 57 heavy (non-hydrogen) atoms. The first-order chi connectivity index (χ1) is 28.3. The second-order valence-corrected chi connectivity index (χ2v) is 14.5. The smallest absolute Gasteiger partial charge is 0.160 e. The Hall–Kier alpha value is -7.62. The van der Waals surface area contributed by atoms with E-state index in [-0.39, 0.29) is 0 Å². The minimum absolute atomic E-state index is 0.842. The molecular weight excluding hydrogens is 695 g/mol. The molecule has 0 N–H and O–H groups in total. The van der Waals surface area contributed by atoms with E-state index in [0.717, 1.165) is 88.8 Å². The predicted octanol–water partition coefficient (Wildman–Crippen LogP) is 15.6. The Morgan fingerprint density at radius 3 is 1.39 bits per heavy atom. The summed E-state index contributed by atoms with van der Waals surface area (Å²) in [7, 11) is 0. The Balaban J connectivity index is 1.05. The van der Waals surface area contributed by atoms with Crippen molar-refractivity contribution < 1.29 is 8.83 Å². The van der Waals surface area contributed by atoms with Crippen LogP contribution >= 0.6 is 0 Å². The number of rotatable bonds is 7. The van der Waals surface area contributed by atoms with Crippen LogP contribution in [-0.4, -0.2) is 0 Å². The van der Waals surface area contributed by atoms with E-state index >= 15 is 0 Å². The number of benzene rings is 9. The number of hydrogen-bond acceptors (Lipinski definition) is 3. The van der Waals surface area contributed by atoms with E-state index in [1.807, 2.05) is 18.2 Å². The van der Waals surface area contributed by atoms with Crippen molar-refractivity contribution in [1.82, 2.24) is 0 Å². The minimum atomic E-state index is 0.842. The first kappa shape index (κ1) is 32.8. The molecule has 0 unspecified atom stereocenters. The van der Waals surface area contributed by atoms with Gasteiger partial charge >= 0.3 is 0 Å². The van der Waals surface area contributed by atoms with E-state index in [4.69, 9.17) is 8.83 Å². The topological polar surface area (TPSA) is 29.5 Å². The molecule has 0 fully saturated rings. The quantitative estimate of drug-likeness (QED) is 0.164. The molecule has 0 aliphatic rings. The van der Waals surface area contributed by atoms with E-state index in [9.17, 15) is 0 Å². The standard InChI is InChI=1S/C54H35NO2/c1-3-12-36(13-4-1)37-22-24-38(25-23-37)39-26-30-42(31-27-39)55(43-32-28-41(29-33-43)45-18-11-19-47-46-16-7-9-20-50(46)56-53(45)47)49-35-34-44(40-14-5-2-6-15-40)52-48-17-8-10-21-51(48)57-54(49)52/h1-35H. The van der Waals surface area contributed by atoms with Gasteiger partial charge in [-0.15, -0.1) is 0 Å². The maximum Gasteiger partial charge on any atom is 0.160 e. The van der Waals surface area contributed by atoms with Crippen molar-refractivity contribution >= 4 is 60.9 Å². The Kier molecular flexibility index (Phi) is 7.82. The fraction of sp³-hybridized carbons (Fsp3) is 0. The maximum atomic E-state index is 6.83. The summed E-state index contributed by atoms with van der Waals surface area (Å²) >= 11 is 0. The lowest BCUT2D eigenvalue weighted by Crippen LogP contribution is -2.10. The number of furan rings is 2. The first-order valence-electron chi connectivity index (χ1n) is 19.3. The highest BCUT2D eigenvalue weighted by atomic mass is 16.3. The molecule has 2 aromatic heterocycles. The molecule has 11 aromatic rings. The van der Waals surface area contributed by atoms with Crippen molar-refractivity contribution in [3.05, 3.63) is 212 Å². The van der Waals surface area contributed by atoms with Gasteiger partial charge in [-0.25, -0.2) is 0 Å². The molecule has 0 bridgehead atoms. The molecule has 0 amide bonds. The van der Waals surface area contributed by atoms with Gasteiger partial charge in [0.25, 0.3) is 0 Å². The Morgan fingerprint density at radius 1 is 0.281 bits per heavy atom. The van der Waals surface area contributed by atoms with Gasteiger partial charge in [0.15, 0.2) is 5.58 Å². The van der Waals surface area contributed by atoms with Gasteiger partial charge < -0.3 is 13.7 Å². The molecule has 0 saturated heterocycles. The molecule has 268 valence electrons. The minimum Gasteiger partial charge on any atom is -0.455 e. The first-order valence-corrected chi connectivity index (χ1v) is 19.3. The fourth-order valence-electron chi connectivity index (χ4n) is 8.33. The van der Waals surface area contributed by atoms with E-state index < -0.39 is 0 Å². The van der Waals surface area contributed by atoms with Crippen LogP contribution in [0.5, 0.6) is 0 Å². The van der Waals surface area contributed by atoms with Gasteiger partial charge in [-0.3, -0.25) is 0 Å². The summed E-state index contributed by atoms with van der Waals surface area (Å²) < 4.78 is 13.3. The summed E-state index contributed by atoms with van der Waals surface area (Å²) in [4.78, 5) is 2.31. The molecule has 11 rings (SSSR count). The van der Waals surface area contributed by atoms with Crippen LogP contribution in [0.3, 0.4) is 0 Å². The molecule has 9 aromatic carbocycles. The molecule has 2 heterocycles. The average molecular weight is 730 g/mol. The molecule has 0 radical (unpaired) electrons. The highest BCUT2D eigenvalue weighted by molar-refractivity contribution is 6.17. The van der Waals surface area contributed by atoms with Crippen LogP contribution in [0.25, 0.3) is 88.4 Å². The van der Waals surface area contributed by atoms with Gasteiger partial charge in [-0.1, -0.05) is 170 Å². The predicted molar refractivity (Wildman–Crippen MR) is 237 cm³/mol. The Bertz CT molecular complexity index is 3200.